The molecule has 0 aliphatic heterocycles. The number of aromatic nitrogens is 2. The molecule has 0 saturated heterocycles. The maximum atomic E-state index is 11.8. The Labute approximate surface area is 101 Å². The highest BCUT2D eigenvalue weighted by molar-refractivity contribution is 6.83. The fraction of sp³-hybridized carbons (Fsp3) is 0.231. The van der Waals surface area contributed by atoms with Crippen LogP contribution in [0.5, 0.6) is 0 Å². The van der Waals surface area contributed by atoms with Crippen LogP contribution in [0.4, 0.5) is 0 Å². The van der Waals surface area contributed by atoms with Crippen LogP contribution in [0.2, 0.25) is 19.6 Å². The van der Waals surface area contributed by atoms with Crippen LogP contribution in [-0.4, -0.2) is 17.5 Å². The number of pyridine rings is 1. The summed E-state index contributed by atoms with van der Waals surface area (Å²) >= 11 is 0. The van der Waals surface area contributed by atoms with Gasteiger partial charge in [-0.15, -0.1) is 5.54 Å². The van der Waals surface area contributed by atoms with Crippen LogP contribution < -0.4 is 5.56 Å². The Morgan fingerprint density at radius 3 is 2.76 bits per heavy atom. The van der Waals surface area contributed by atoms with Crippen molar-refractivity contribution in [3.63, 3.8) is 0 Å². The molecular formula is C13H14N2OSi. The molecule has 0 aromatic carbocycles. The fourth-order valence-electron chi connectivity index (χ4n) is 1.37. The van der Waals surface area contributed by atoms with E-state index in [4.69, 9.17) is 0 Å². The average molecular weight is 242 g/mol. The second kappa shape index (κ2) is 4.19. The third kappa shape index (κ3) is 2.83. The van der Waals surface area contributed by atoms with Gasteiger partial charge in [-0.3, -0.25) is 9.20 Å². The fourth-order valence-corrected chi connectivity index (χ4v) is 1.87. The minimum atomic E-state index is -1.43. The van der Waals surface area contributed by atoms with E-state index in [0.717, 1.165) is 0 Å². The lowest BCUT2D eigenvalue weighted by atomic mass is 10.4. The summed E-state index contributed by atoms with van der Waals surface area (Å²) in [6, 6.07) is 6.96. The maximum absolute atomic E-state index is 11.8. The monoisotopic (exact) mass is 242 g/mol. The number of hydrogen-bond donors (Lipinski definition) is 0. The SMILES string of the molecule is C[Si](C)(C)C#Cc1cc(=O)n2ccccc2n1. The summed E-state index contributed by atoms with van der Waals surface area (Å²) in [5.74, 6) is 3.00. The lowest BCUT2D eigenvalue weighted by Gasteiger charge is -2.03. The normalized spacial score (nSPS) is 11.0. The zero-order valence-corrected chi connectivity index (χ0v) is 11.2. The Balaban J connectivity index is 2.58. The number of hydrogen-bond acceptors (Lipinski definition) is 2. The van der Waals surface area contributed by atoms with Crippen molar-refractivity contribution in [2.45, 2.75) is 19.6 Å². The van der Waals surface area contributed by atoms with Crippen LogP contribution in [0.1, 0.15) is 5.69 Å². The van der Waals surface area contributed by atoms with Gasteiger partial charge in [0.05, 0.1) is 0 Å². The Morgan fingerprint density at radius 2 is 2.06 bits per heavy atom. The van der Waals surface area contributed by atoms with Gasteiger partial charge in [0.25, 0.3) is 5.56 Å². The molecule has 0 saturated carbocycles. The van der Waals surface area contributed by atoms with Crippen molar-refractivity contribution in [2.75, 3.05) is 0 Å². The Kier molecular flexibility index (Phi) is 2.86. The van der Waals surface area contributed by atoms with E-state index in [0.29, 0.717) is 11.3 Å². The van der Waals surface area contributed by atoms with E-state index in [1.807, 2.05) is 12.1 Å². The van der Waals surface area contributed by atoms with Crippen LogP contribution in [0.3, 0.4) is 0 Å². The first-order valence-electron chi connectivity index (χ1n) is 5.47. The predicted octanol–water partition coefficient (Wildman–Crippen LogP) is 1.92. The van der Waals surface area contributed by atoms with Crippen molar-refractivity contribution in [3.8, 4) is 11.5 Å². The molecule has 0 aliphatic rings. The zero-order chi connectivity index (χ0) is 12.5. The van der Waals surface area contributed by atoms with Gasteiger partial charge in [-0.05, 0) is 12.1 Å². The van der Waals surface area contributed by atoms with Crippen LogP contribution >= 0.6 is 0 Å². The van der Waals surface area contributed by atoms with Crippen molar-refractivity contribution in [1.29, 1.82) is 0 Å². The minimum Gasteiger partial charge on any atom is -0.269 e. The van der Waals surface area contributed by atoms with Crippen LogP contribution in [0.15, 0.2) is 35.3 Å². The summed E-state index contributed by atoms with van der Waals surface area (Å²) in [5, 5.41) is 0. The molecule has 17 heavy (non-hydrogen) atoms. The van der Waals surface area contributed by atoms with Gasteiger partial charge in [0.2, 0.25) is 0 Å². The van der Waals surface area contributed by atoms with Gasteiger partial charge in [-0.1, -0.05) is 31.6 Å². The van der Waals surface area contributed by atoms with Gasteiger partial charge in [-0.25, -0.2) is 4.98 Å². The molecule has 0 N–H and O–H groups in total. The molecule has 0 bridgehead atoms. The van der Waals surface area contributed by atoms with Gasteiger partial charge in [-0.2, -0.15) is 0 Å². The summed E-state index contributed by atoms with van der Waals surface area (Å²) in [6.07, 6.45) is 1.71. The van der Waals surface area contributed by atoms with Crippen molar-refractivity contribution in [2.24, 2.45) is 0 Å². The van der Waals surface area contributed by atoms with Gasteiger partial charge in [0.15, 0.2) is 0 Å². The number of nitrogens with zero attached hydrogens (tertiary/aromatic N) is 2. The Bertz CT molecular complexity index is 671. The van der Waals surface area contributed by atoms with Gasteiger partial charge >= 0.3 is 0 Å². The molecule has 0 spiro atoms. The predicted molar refractivity (Wildman–Crippen MR) is 71.7 cm³/mol. The van der Waals surface area contributed by atoms with E-state index in [1.165, 1.54) is 10.5 Å². The molecule has 3 nitrogen and oxygen atoms in total. The van der Waals surface area contributed by atoms with Crippen LogP contribution in [-0.2, 0) is 0 Å². The molecule has 0 unspecified atom stereocenters. The molecule has 2 heterocycles. The van der Waals surface area contributed by atoms with E-state index in [2.05, 4.69) is 36.1 Å². The van der Waals surface area contributed by atoms with Crippen molar-refractivity contribution < 1.29 is 0 Å². The van der Waals surface area contributed by atoms with E-state index < -0.39 is 8.07 Å². The molecular weight excluding hydrogens is 228 g/mol. The minimum absolute atomic E-state index is 0.0875. The Morgan fingerprint density at radius 1 is 1.29 bits per heavy atom. The largest absolute Gasteiger partial charge is 0.269 e. The van der Waals surface area contributed by atoms with Crippen molar-refractivity contribution in [1.82, 2.24) is 9.38 Å². The highest BCUT2D eigenvalue weighted by Crippen LogP contribution is 2.00. The first kappa shape index (κ1) is 11.6. The number of fused-ring (bicyclic) bond motifs is 1. The molecule has 0 atom stereocenters. The van der Waals surface area contributed by atoms with Crippen LogP contribution in [0.25, 0.3) is 5.65 Å². The topological polar surface area (TPSA) is 34.4 Å². The van der Waals surface area contributed by atoms with Crippen molar-refractivity contribution >= 4 is 13.7 Å². The standard InChI is InChI=1S/C13H14N2OSi/c1-17(2,3)9-7-11-10-13(16)15-8-5-4-6-12(15)14-11/h4-6,8,10H,1-3H3. The first-order valence-corrected chi connectivity index (χ1v) is 8.97. The van der Waals surface area contributed by atoms with Gasteiger partial charge < -0.3 is 0 Å². The highest BCUT2D eigenvalue weighted by atomic mass is 28.3. The summed E-state index contributed by atoms with van der Waals surface area (Å²) < 4.78 is 1.51. The second-order valence-electron chi connectivity index (χ2n) is 4.91. The van der Waals surface area contributed by atoms with E-state index >= 15 is 0 Å². The third-order valence-electron chi connectivity index (χ3n) is 2.14. The zero-order valence-electron chi connectivity index (χ0n) is 10.2. The van der Waals surface area contributed by atoms with E-state index in [9.17, 15) is 4.79 Å². The molecule has 0 amide bonds. The molecule has 2 rings (SSSR count). The quantitative estimate of drug-likeness (QED) is 0.522. The average Bonchev–Trinajstić information content (AvgIpc) is 2.26. The second-order valence-corrected chi connectivity index (χ2v) is 9.66. The molecule has 0 aliphatic carbocycles. The van der Waals surface area contributed by atoms with Gasteiger partial charge in [0.1, 0.15) is 19.4 Å². The third-order valence-corrected chi connectivity index (χ3v) is 3.01. The summed E-state index contributed by atoms with van der Waals surface area (Å²) in [6.45, 7) is 6.48. The number of rotatable bonds is 0. The van der Waals surface area contributed by atoms with Crippen LogP contribution in [0, 0.1) is 11.5 Å². The Hall–Kier alpha value is -1.86. The molecule has 2 aromatic rings. The molecule has 0 radical (unpaired) electrons. The van der Waals surface area contributed by atoms with E-state index in [1.54, 1.807) is 12.3 Å². The molecule has 0 fully saturated rings. The lowest BCUT2D eigenvalue weighted by molar-refractivity contribution is 1.04. The highest BCUT2D eigenvalue weighted by Gasteiger charge is 2.08. The smallest absolute Gasteiger partial charge is 0.259 e. The van der Waals surface area contributed by atoms with Crippen molar-refractivity contribution in [3.05, 3.63) is 46.5 Å². The van der Waals surface area contributed by atoms with E-state index in [-0.39, 0.29) is 5.56 Å². The summed E-state index contributed by atoms with van der Waals surface area (Å²) in [4.78, 5) is 16.1. The first-order chi connectivity index (χ1) is 7.96. The molecule has 2 aromatic heterocycles. The molecule has 4 heteroatoms. The molecule has 86 valence electrons. The summed E-state index contributed by atoms with van der Waals surface area (Å²) in [7, 11) is -1.43. The lowest BCUT2D eigenvalue weighted by Crippen LogP contribution is -2.17. The summed E-state index contributed by atoms with van der Waals surface area (Å²) in [5.41, 5.74) is 4.32. The van der Waals surface area contributed by atoms with Gasteiger partial charge in [0, 0.05) is 12.3 Å². The maximum Gasteiger partial charge on any atom is 0.259 e.